The van der Waals surface area contributed by atoms with Crippen LogP contribution in [0.1, 0.15) is 24.0 Å². The van der Waals surface area contributed by atoms with Crippen LogP contribution in [0, 0.1) is 13.8 Å². The van der Waals surface area contributed by atoms with Crippen LogP contribution in [0.5, 0.6) is 0 Å². The summed E-state index contributed by atoms with van der Waals surface area (Å²) in [5, 5.41) is 3.90. The number of thiazole rings is 1. The molecule has 1 N–H and O–H groups in total. The van der Waals surface area contributed by atoms with E-state index in [2.05, 4.69) is 41.1 Å². The molecular formula is C21H27N5O3S. The highest BCUT2D eigenvalue weighted by Crippen LogP contribution is 2.32. The van der Waals surface area contributed by atoms with Gasteiger partial charge >= 0.3 is 0 Å². The highest BCUT2D eigenvalue weighted by molar-refractivity contribution is 7.22. The zero-order valence-electron chi connectivity index (χ0n) is 17.4. The molecular weight excluding hydrogens is 402 g/mol. The van der Waals surface area contributed by atoms with E-state index in [1.54, 1.807) is 11.3 Å². The SMILES string of the molecule is Cc1cc(C)c2sc(N3CCN(CCNC(=O)CN4C(=O)CCC4=O)CC3)nc2c1. The molecule has 2 aliphatic heterocycles. The maximum atomic E-state index is 12.0. The molecule has 0 unspecified atom stereocenters. The number of hydrogen-bond acceptors (Lipinski definition) is 7. The molecule has 160 valence electrons. The second-order valence-electron chi connectivity index (χ2n) is 7.98. The van der Waals surface area contributed by atoms with Crippen molar-refractivity contribution in [2.75, 3.05) is 50.7 Å². The standard InChI is InChI=1S/C21H27N5O3S/c1-14-11-15(2)20-16(12-14)23-21(30-20)25-9-7-24(8-10-25)6-5-22-17(27)13-26-18(28)3-4-19(26)29/h11-12H,3-10,13H2,1-2H3,(H,22,27). The minimum Gasteiger partial charge on any atom is -0.353 e. The quantitative estimate of drug-likeness (QED) is 0.697. The number of nitrogens with one attached hydrogen (secondary N) is 1. The number of amides is 3. The van der Waals surface area contributed by atoms with E-state index in [-0.39, 0.29) is 37.1 Å². The number of imide groups is 1. The van der Waals surface area contributed by atoms with Crippen molar-refractivity contribution in [2.24, 2.45) is 0 Å². The fraction of sp³-hybridized carbons (Fsp3) is 0.524. The van der Waals surface area contributed by atoms with E-state index < -0.39 is 0 Å². The molecule has 0 atom stereocenters. The van der Waals surface area contributed by atoms with Crippen LogP contribution in [0.3, 0.4) is 0 Å². The molecule has 2 aromatic rings. The molecule has 1 aromatic heterocycles. The lowest BCUT2D eigenvalue weighted by molar-refractivity contribution is -0.142. The van der Waals surface area contributed by atoms with Gasteiger partial charge in [-0.1, -0.05) is 17.4 Å². The van der Waals surface area contributed by atoms with Gasteiger partial charge in [0.2, 0.25) is 17.7 Å². The Hall–Kier alpha value is -2.52. The van der Waals surface area contributed by atoms with Crippen molar-refractivity contribution in [3.63, 3.8) is 0 Å². The molecule has 0 saturated carbocycles. The lowest BCUT2D eigenvalue weighted by atomic mass is 10.1. The summed E-state index contributed by atoms with van der Waals surface area (Å²) in [5.41, 5.74) is 3.59. The average Bonchev–Trinajstić information content (AvgIpc) is 3.27. The van der Waals surface area contributed by atoms with Crippen LogP contribution in [0.4, 0.5) is 5.13 Å². The Morgan fingerprint density at radius 2 is 1.80 bits per heavy atom. The maximum absolute atomic E-state index is 12.0. The van der Waals surface area contributed by atoms with Crippen molar-refractivity contribution in [1.82, 2.24) is 20.1 Å². The van der Waals surface area contributed by atoms with Crippen LogP contribution in [0.15, 0.2) is 12.1 Å². The molecule has 3 amide bonds. The van der Waals surface area contributed by atoms with Crippen LogP contribution in [0.2, 0.25) is 0 Å². The van der Waals surface area contributed by atoms with E-state index in [1.807, 2.05) is 0 Å². The number of rotatable bonds is 6. The molecule has 0 radical (unpaired) electrons. The van der Waals surface area contributed by atoms with E-state index in [0.717, 1.165) is 48.3 Å². The topological polar surface area (TPSA) is 85.9 Å². The van der Waals surface area contributed by atoms with Gasteiger partial charge in [0.15, 0.2) is 5.13 Å². The maximum Gasteiger partial charge on any atom is 0.240 e. The molecule has 30 heavy (non-hydrogen) atoms. The number of hydrogen-bond donors (Lipinski definition) is 1. The predicted octanol–water partition coefficient (Wildman–Crippen LogP) is 1.30. The summed E-state index contributed by atoms with van der Waals surface area (Å²) < 4.78 is 1.26. The first-order valence-corrected chi connectivity index (χ1v) is 11.2. The van der Waals surface area contributed by atoms with Crippen molar-refractivity contribution >= 4 is 44.4 Å². The molecule has 0 aliphatic carbocycles. The van der Waals surface area contributed by atoms with Crippen molar-refractivity contribution in [3.05, 3.63) is 23.3 Å². The molecule has 3 heterocycles. The lowest BCUT2D eigenvalue weighted by Crippen LogP contribution is -2.49. The van der Waals surface area contributed by atoms with Gasteiger partial charge in [0.25, 0.3) is 0 Å². The normalized spacial score (nSPS) is 17.9. The van der Waals surface area contributed by atoms with E-state index in [4.69, 9.17) is 4.98 Å². The summed E-state index contributed by atoms with van der Waals surface area (Å²) in [6.07, 6.45) is 0.425. The molecule has 2 aliphatic rings. The van der Waals surface area contributed by atoms with Gasteiger partial charge in [-0.05, 0) is 31.0 Å². The van der Waals surface area contributed by atoms with E-state index in [9.17, 15) is 14.4 Å². The van der Waals surface area contributed by atoms with Crippen LogP contribution < -0.4 is 10.2 Å². The van der Waals surface area contributed by atoms with Gasteiger partial charge in [-0.15, -0.1) is 0 Å². The first-order valence-electron chi connectivity index (χ1n) is 10.4. The van der Waals surface area contributed by atoms with Crippen LogP contribution >= 0.6 is 11.3 Å². The third kappa shape index (κ3) is 4.46. The number of piperazine rings is 1. The summed E-state index contributed by atoms with van der Waals surface area (Å²) in [7, 11) is 0. The van der Waals surface area contributed by atoms with E-state index in [0.29, 0.717) is 6.54 Å². The lowest BCUT2D eigenvalue weighted by Gasteiger charge is -2.34. The van der Waals surface area contributed by atoms with Gasteiger partial charge in [0, 0.05) is 52.1 Å². The molecule has 2 saturated heterocycles. The molecule has 1 aromatic carbocycles. The number of likely N-dealkylation sites (tertiary alicyclic amines) is 1. The van der Waals surface area contributed by atoms with E-state index >= 15 is 0 Å². The minimum atomic E-state index is -0.280. The third-order valence-corrected chi connectivity index (χ3v) is 6.93. The first-order chi connectivity index (χ1) is 14.4. The van der Waals surface area contributed by atoms with Crippen LogP contribution in [-0.4, -0.2) is 78.3 Å². The first kappa shape index (κ1) is 20.7. The number of anilines is 1. The number of aryl methyl sites for hydroxylation is 2. The third-order valence-electron chi connectivity index (χ3n) is 5.66. The monoisotopic (exact) mass is 429 g/mol. The molecule has 0 spiro atoms. The van der Waals surface area contributed by atoms with Crippen molar-refractivity contribution in [3.8, 4) is 0 Å². The van der Waals surface area contributed by atoms with Gasteiger partial charge in [-0.3, -0.25) is 24.2 Å². The Labute approximate surface area is 179 Å². The Kier molecular flexibility index (Phi) is 6.01. The second kappa shape index (κ2) is 8.69. The number of aromatic nitrogens is 1. The Morgan fingerprint density at radius 1 is 1.10 bits per heavy atom. The fourth-order valence-electron chi connectivity index (χ4n) is 4.02. The zero-order chi connectivity index (χ0) is 21.3. The molecule has 4 rings (SSSR count). The smallest absolute Gasteiger partial charge is 0.240 e. The summed E-state index contributed by atoms with van der Waals surface area (Å²) in [6.45, 7) is 8.96. The molecule has 0 bridgehead atoms. The largest absolute Gasteiger partial charge is 0.353 e. The summed E-state index contributed by atoms with van der Waals surface area (Å²) in [4.78, 5) is 45.7. The number of fused-ring (bicyclic) bond motifs is 1. The zero-order valence-corrected chi connectivity index (χ0v) is 18.3. The number of benzene rings is 1. The minimum absolute atomic E-state index is 0.165. The van der Waals surface area contributed by atoms with Crippen LogP contribution in [0.25, 0.3) is 10.2 Å². The Balaban J connectivity index is 1.22. The molecule has 9 heteroatoms. The van der Waals surface area contributed by atoms with Gasteiger partial charge in [-0.2, -0.15) is 0 Å². The van der Waals surface area contributed by atoms with Crippen LogP contribution in [-0.2, 0) is 14.4 Å². The second-order valence-corrected chi connectivity index (χ2v) is 8.96. The van der Waals surface area contributed by atoms with Crippen molar-refractivity contribution in [1.29, 1.82) is 0 Å². The summed E-state index contributed by atoms with van der Waals surface area (Å²) >= 11 is 1.76. The number of carbonyl (C=O) groups excluding carboxylic acids is 3. The Bertz CT molecular complexity index is 964. The van der Waals surface area contributed by atoms with E-state index in [1.165, 1.54) is 15.8 Å². The summed E-state index contributed by atoms with van der Waals surface area (Å²) in [5.74, 6) is -0.796. The fourth-order valence-corrected chi connectivity index (χ4v) is 5.08. The Morgan fingerprint density at radius 3 is 2.50 bits per heavy atom. The highest BCUT2D eigenvalue weighted by atomic mass is 32.1. The number of carbonyl (C=O) groups is 3. The highest BCUT2D eigenvalue weighted by Gasteiger charge is 2.30. The van der Waals surface area contributed by atoms with Gasteiger partial charge < -0.3 is 10.2 Å². The number of nitrogens with zero attached hydrogens (tertiary/aromatic N) is 4. The van der Waals surface area contributed by atoms with Gasteiger partial charge in [0.05, 0.1) is 10.2 Å². The van der Waals surface area contributed by atoms with Crippen molar-refractivity contribution in [2.45, 2.75) is 26.7 Å². The molecule has 2 fully saturated rings. The van der Waals surface area contributed by atoms with Gasteiger partial charge in [-0.25, -0.2) is 4.98 Å². The average molecular weight is 430 g/mol. The predicted molar refractivity (Wildman–Crippen MR) is 117 cm³/mol. The van der Waals surface area contributed by atoms with Gasteiger partial charge in [0.1, 0.15) is 6.54 Å². The summed E-state index contributed by atoms with van der Waals surface area (Å²) in [6, 6.07) is 4.34. The molecule has 8 nitrogen and oxygen atoms in total. The van der Waals surface area contributed by atoms with Crippen molar-refractivity contribution < 1.29 is 14.4 Å².